The Morgan fingerprint density at radius 3 is 1.86 bits per heavy atom. The fourth-order valence-corrected chi connectivity index (χ4v) is 7.09. The highest BCUT2D eigenvalue weighted by Gasteiger charge is 2.43. The predicted molar refractivity (Wildman–Crippen MR) is 216 cm³/mol. The zero-order valence-electron chi connectivity index (χ0n) is 35.7. The van der Waals surface area contributed by atoms with Gasteiger partial charge in [-0.2, -0.15) is 0 Å². The quantitative estimate of drug-likeness (QED) is 0.178. The molecule has 0 unspecified atom stereocenters. The van der Waals surface area contributed by atoms with Crippen molar-refractivity contribution in [3.63, 3.8) is 0 Å². The minimum Gasteiger partial charge on any atom is -0.458 e. The van der Waals surface area contributed by atoms with E-state index < -0.39 is 113 Å². The summed E-state index contributed by atoms with van der Waals surface area (Å²) in [7, 11) is 0. The van der Waals surface area contributed by atoms with Crippen molar-refractivity contribution in [2.75, 3.05) is 6.54 Å². The van der Waals surface area contributed by atoms with Gasteiger partial charge in [-0.1, -0.05) is 92.6 Å². The molecular weight excluding hydrogens is 747 g/mol. The van der Waals surface area contributed by atoms with Gasteiger partial charge in [-0.15, -0.1) is 0 Å². The van der Waals surface area contributed by atoms with Crippen molar-refractivity contribution in [1.29, 1.82) is 0 Å². The average Bonchev–Trinajstić information content (AvgIpc) is 3.65. The van der Waals surface area contributed by atoms with Gasteiger partial charge in [-0.3, -0.25) is 33.6 Å². The summed E-state index contributed by atoms with van der Waals surface area (Å²) in [6.07, 6.45) is 0.156. The Labute approximate surface area is 342 Å². The maximum Gasteiger partial charge on any atom is 0.329 e. The second-order valence-electron chi connectivity index (χ2n) is 16.8. The van der Waals surface area contributed by atoms with E-state index in [1.165, 1.54) is 11.8 Å². The number of fused-ring (bicyclic) bond motifs is 1. The molecule has 0 aliphatic carbocycles. The smallest absolute Gasteiger partial charge is 0.329 e. The molecule has 16 heteroatoms. The molecule has 8 atom stereocenters. The average molecular weight is 812 g/mol. The van der Waals surface area contributed by atoms with Crippen LogP contribution in [-0.4, -0.2) is 107 Å². The van der Waals surface area contributed by atoms with Crippen molar-refractivity contribution < 1.29 is 43.1 Å². The Balaban J connectivity index is 2.17. The third-order valence-electron chi connectivity index (χ3n) is 10.5. The summed E-state index contributed by atoms with van der Waals surface area (Å²) in [5.74, 6) is -7.01. The van der Waals surface area contributed by atoms with Crippen LogP contribution < -0.4 is 31.9 Å². The van der Waals surface area contributed by atoms with Crippen molar-refractivity contribution in [2.24, 2.45) is 23.7 Å². The lowest BCUT2D eigenvalue weighted by molar-refractivity contribution is -0.157. The van der Waals surface area contributed by atoms with Crippen molar-refractivity contribution in [2.45, 2.75) is 150 Å². The molecule has 0 bridgehead atoms. The monoisotopic (exact) mass is 811 g/mol. The third-order valence-corrected chi connectivity index (χ3v) is 10.5. The zero-order chi connectivity index (χ0) is 43.4. The number of benzene rings is 1. The second-order valence-corrected chi connectivity index (χ2v) is 16.8. The number of carbonyl (C=O) groups excluding carboxylic acids is 8. The van der Waals surface area contributed by atoms with Gasteiger partial charge in [-0.25, -0.2) is 4.79 Å². The molecule has 7 amide bonds. The van der Waals surface area contributed by atoms with Gasteiger partial charge in [0.2, 0.25) is 41.4 Å². The molecule has 0 radical (unpaired) electrons. The van der Waals surface area contributed by atoms with Crippen molar-refractivity contribution in [1.82, 2.24) is 36.8 Å². The molecule has 58 heavy (non-hydrogen) atoms. The summed E-state index contributed by atoms with van der Waals surface area (Å²) in [6.45, 7) is 17.2. The van der Waals surface area contributed by atoms with Crippen molar-refractivity contribution in [3.8, 4) is 0 Å². The molecule has 0 spiro atoms. The molecule has 6 N–H and O–H groups in total. The molecule has 1 aromatic rings. The van der Waals surface area contributed by atoms with E-state index in [1.807, 2.05) is 6.92 Å². The Hall–Kier alpha value is -5.02. The molecule has 0 saturated carbocycles. The number of cyclic esters (lactones) is 1. The van der Waals surface area contributed by atoms with Crippen LogP contribution in [0.4, 0.5) is 0 Å². The lowest BCUT2D eigenvalue weighted by Crippen LogP contribution is -2.62. The van der Waals surface area contributed by atoms with Gasteiger partial charge >= 0.3 is 5.97 Å². The van der Waals surface area contributed by atoms with E-state index in [-0.39, 0.29) is 25.3 Å². The highest BCUT2D eigenvalue weighted by atomic mass is 16.5. The van der Waals surface area contributed by atoms with Crippen LogP contribution in [0.2, 0.25) is 0 Å². The fourth-order valence-electron chi connectivity index (χ4n) is 7.09. The summed E-state index contributed by atoms with van der Waals surface area (Å²) in [6, 6.07) is 0.671. The number of nitrogens with zero attached hydrogens (tertiary/aromatic N) is 1. The molecule has 2 heterocycles. The molecule has 1 aromatic carbocycles. The maximum absolute atomic E-state index is 14.5. The van der Waals surface area contributed by atoms with Crippen LogP contribution >= 0.6 is 0 Å². The molecule has 0 aromatic heterocycles. The molecule has 3 rings (SSSR count). The largest absolute Gasteiger partial charge is 0.458 e. The number of esters is 1. The van der Waals surface area contributed by atoms with Gasteiger partial charge in [0.25, 0.3) is 0 Å². The Bertz CT molecular complexity index is 1630. The van der Waals surface area contributed by atoms with E-state index >= 15 is 0 Å². The number of nitrogens with one attached hydrogen (secondary N) is 6. The molecule has 2 saturated heterocycles. The maximum atomic E-state index is 14.5. The first kappa shape index (κ1) is 47.4. The first-order chi connectivity index (χ1) is 27.3. The predicted octanol–water partition coefficient (Wildman–Crippen LogP) is 1.50. The van der Waals surface area contributed by atoms with E-state index in [4.69, 9.17) is 4.74 Å². The zero-order valence-corrected chi connectivity index (χ0v) is 35.7. The minimum atomic E-state index is -1.58. The highest BCUT2D eigenvalue weighted by molar-refractivity contribution is 5.98. The van der Waals surface area contributed by atoms with Crippen LogP contribution in [0.3, 0.4) is 0 Å². The van der Waals surface area contributed by atoms with E-state index in [2.05, 4.69) is 31.9 Å². The van der Waals surface area contributed by atoms with Crippen molar-refractivity contribution in [3.05, 3.63) is 35.9 Å². The Kier molecular flexibility index (Phi) is 17.7. The normalized spacial score (nSPS) is 26.1. The lowest BCUT2D eigenvalue weighted by atomic mass is 9.98. The van der Waals surface area contributed by atoms with E-state index in [9.17, 15) is 38.4 Å². The van der Waals surface area contributed by atoms with Gasteiger partial charge in [-0.05, 0) is 55.4 Å². The molecule has 2 fully saturated rings. The first-order valence-corrected chi connectivity index (χ1v) is 20.6. The second kappa shape index (κ2) is 21.7. The van der Waals surface area contributed by atoms with Gasteiger partial charge < -0.3 is 41.5 Å². The standard InChI is InChI=1S/C42H65N7O9/c1-11-16-30(50)44-31(22(2)3)37(52)48-35-26(10)58-42(57)34(25(8)9)47-39(54)33(24(6)7)46-38(53)32(23(4)5)45-36(51)29-19-15-20-49(29)41(56)28(43-40(35)55)21-27-17-13-12-14-18-27/h12-14,17-18,22-26,28-29,31-35H,11,15-16,19-21H2,1-10H3,(H,43,55)(H,44,50)(H,45,51)(H,46,53)(H,47,54)(H,48,52)/t26-,28-,29+,31+,32+,33+,34+,35+/m1/s1. The number of amides is 7. The van der Waals surface area contributed by atoms with Gasteiger partial charge in [0.1, 0.15) is 48.4 Å². The van der Waals surface area contributed by atoms with Crippen LogP contribution in [0.25, 0.3) is 0 Å². The summed E-state index contributed by atoms with van der Waals surface area (Å²) in [5.41, 5.74) is 0.699. The molecule has 2 aliphatic rings. The first-order valence-electron chi connectivity index (χ1n) is 20.6. The van der Waals surface area contributed by atoms with Crippen LogP contribution in [0, 0.1) is 23.7 Å². The van der Waals surface area contributed by atoms with E-state index in [0.29, 0.717) is 24.8 Å². The van der Waals surface area contributed by atoms with E-state index in [1.54, 1.807) is 85.7 Å². The summed E-state index contributed by atoms with van der Waals surface area (Å²) < 4.78 is 5.86. The molecular formula is C42H65N7O9. The van der Waals surface area contributed by atoms with Crippen LogP contribution in [-0.2, 0) is 49.5 Å². The molecule has 16 nitrogen and oxygen atoms in total. The van der Waals surface area contributed by atoms with Crippen LogP contribution in [0.5, 0.6) is 0 Å². The van der Waals surface area contributed by atoms with Gasteiger partial charge in [0.05, 0.1) is 0 Å². The number of hydrogen-bond acceptors (Lipinski definition) is 9. The molecule has 2 aliphatic heterocycles. The van der Waals surface area contributed by atoms with Gasteiger partial charge in [0.15, 0.2) is 0 Å². The number of hydrogen-bond donors (Lipinski definition) is 6. The number of carbonyl (C=O) groups is 8. The number of ether oxygens (including phenoxy) is 1. The number of rotatable bonds is 11. The summed E-state index contributed by atoms with van der Waals surface area (Å²) in [5, 5.41) is 16.5. The van der Waals surface area contributed by atoms with Gasteiger partial charge in [0, 0.05) is 19.4 Å². The SMILES string of the molecule is CCCC(=O)N[C@H](C(=O)N[C@@H]1C(=O)N[C@H](Cc2ccccc2)C(=O)N2CCC[C@H]2C(=O)N[C@@H](C(C)C)C(=O)N[C@@H](C(C)C)C(=O)N[C@@H](C(C)C)C(=O)O[C@@H]1C)C(C)C. The van der Waals surface area contributed by atoms with Crippen LogP contribution in [0.15, 0.2) is 30.3 Å². The fraction of sp³-hybridized carbons (Fsp3) is 0.667. The van der Waals surface area contributed by atoms with Crippen molar-refractivity contribution >= 4 is 47.3 Å². The molecule has 322 valence electrons. The van der Waals surface area contributed by atoms with E-state index in [0.717, 1.165) is 0 Å². The summed E-state index contributed by atoms with van der Waals surface area (Å²) >= 11 is 0. The topological polar surface area (TPSA) is 221 Å². The third kappa shape index (κ3) is 12.7. The Morgan fingerprint density at radius 1 is 0.776 bits per heavy atom. The minimum absolute atomic E-state index is 0.0157. The Morgan fingerprint density at radius 2 is 1.33 bits per heavy atom. The summed E-state index contributed by atoms with van der Waals surface area (Å²) in [4.78, 5) is 112. The lowest BCUT2D eigenvalue weighted by Gasteiger charge is -2.32. The highest BCUT2D eigenvalue weighted by Crippen LogP contribution is 2.22. The van der Waals surface area contributed by atoms with Crippen LogP contribution in [0.1, 0.15) is 100 Å².